The molecular weight excluding hydrogens is 306 g/mol. The molecule has 1 aliphatic heterocycles. The monoisotopic (exact) mass is 331 g/mol. The van der Waals surface area contributed by atoms with Crippen LogP contribution in [0.25, 0.3) is 10.9 Å². The van der Waals surface area contributed by atoms with E-state index in [4.69, 9.17) is 10.5 Å². The summed E-state index contributed by atoms with van der Waals surface area (Å²) in [5.74, 6) is -1.00. The van der Waals surface area contributed by atoms with E-state index in [-0.39, 0.29) is 6.10 Å². The molecule has 0 fully saturated rings. The fraction of sp³-hybridized carbons (Fsp3) is 0.500. The maximum Gasteiger partial charge on any atom is 0.325 e. The first kappa shape index (κ1) is 17.0. The van der Waals surface area contributed by atoms with Crippen LogP contribution in [0.4, 0.5) is 0 Å². The minimum absolute atomic E-state index is 0.248. The van der Waals surface area contributed by atoms with Crippen molar-refractivity contribution in [1.29, 1.82) is 0 Å². The Labute approximate surface area is 141 Å². The van der Waals surface area contributed by atoms with Crippen LogP contribution in [0.1, 0.15) is 36.6 Å². The van der Waals surface area contributed by atoms with Crippen molar-refractivity contribution in [2.45, 2.75) is 39.1 Å². The zero-order valence-electron chi connectivity index (χ0n) is 14.5. The number of carboxylic acids is 1. The van der Waals surface area contributed by atoms with Gasteiger partial charge in [0.2, 0.25) is 0 Å². The summed E-state index contributed by atoms with van der Waals surface area (Å²) in [7, 11) is 1.93. The molecule has 0 spiro atoms. The predicted molar refractivity (Wildman–Crippen MR) is 92.7 cm³/mol. The fourth-order valence-corrected chi connectivity index (χ4v) is 3.34. The maximum absolute atomic E-state index is 11.3. The van der Waals surface area contributed by atoms with Gasteiger partial charge in [0.15, 0.2) is 0 Å². The highest BCUT2D eigenvalue weighted by Crippen LogP contribution is 2.32. The molecule has 1 atom stereocenters. The summed E-state index contributed by atoms with van der Waals surface area (Å²) in [6.07, 6.45) is 2.07. The average molecular weight is 331 g/mol. The Kier molecular flexibility index (Phi) is 4.62. The van der Waals surface area contributed by atoms with Gasteiger partial charge >= 0.3 is 5.97 Å². The number of benzene rings is 1. The Morgan fingerprint density at radius 2 is 2.00 bits per heavy atom. The molecule has 1 aromatic carbocycles. The summed E-state index contributed by atoms with van der Waals surface area (Å²) in [5.41, 5.74) is 10.1. The van der Waals surface area contributed by atoms with Gasteiger partial charge in [-0.05, 0) is 37.1 Å². The van der Waals surface area contributed by atoms with Crippen LogP contribution >= 0.6 is 0 Å². The standard InChI is InChI=1S/C18H25N3O3/c1-11(2)24-5-4-21-8-12-6-14-15(17(19)18(22)23)10-20(3)16(14)7-13(12)9-21/h6-7,10-11,17H,4-5,8-9,19H2,1-3H3,(H,22,23). The van der Waals surface area contributed by atoms with Gasteiger partial charge in [-0.3, -0.25) is 9.69 Å². The van der Waals surface area contributed by atoms with Gasteiger partial charge in [-0.2, -0.15) is 0 Å². The summed E-state index contributed by atoms with van der Waals surface area (Å²) in [6.45, 7) is 7.46. The fourth-order valence-electron chi connectivity index (χ4n) is 3.34. The van der Waals surface area contributed by atoms with Crippen LogP contribution in [0.5, 0.6) is 0 Å². The number of aliphatic carboxylic acids is 1. The number of fused-ring (bicyclic) bond motifs is 2. The van der Waals surface area contributed by atoms with E-state index < -0.39 is 12.0 Å². The number of hydrogen-bond acceptors (Lipinski definition) is 4. The summed E-state index contributed by atoms with van der Waals surface area (Å²) in [5, 5.41) is 10.2. The smallest absolute Gasteiger partial charge is 0.325 e. The van der Waals surface area contributed by atoms with Crippen molar-refractivity contribution < 1.29 is 14.6 Å². The normalized spacial score (nSPS) is 16.0. The number of ether oxygens (including phenoxy) is 1. The van der Waals surface area contributed by atoms with E-state index in [9.17, 15) is 9.90 Å². The lowest BCUT2D eigenvalue weighted by Crippen LogP contribution is -2.23. The molecule has 0 amide bonds. The number of nitrogens with two attached hydrogens (primary N) is 1. The lowest BCUT2D eigenvalue weighted by molar-refractivity contribution is -0.138. The van der Waals surface area contributed by atoms with Crippen LogP contribution in [-0.4, -0.2) is 39.8 Å². The van der Waals surface area contributed by atoms with E-state index in [0.29, 0.717) is 5.56 Å². The Hall–Kier alpha value is -1.89. The molecular formula is C18H25N3O3. The van der Waals surface area contributed by atoms with Gasteiger partial charge < -0.3 is 20.1 Å². The quantitative estimate of drug-likeness (QED) is 0.846. The molecule has 6 nitrogen and oxygen atoms in total. The molecule has 24 heavy (non-hydrogen) atoms. The molecule has 0 saturated heterocycles. The highest BCUT2D eigenvalue weighted by molar-refractivity contribution is 5.90. The van der Waals surface area contributed by atoms with E-state index in [2.05, 4.69) is 17.0 Å². The number of nitrogens with zero attached hydrogens (tertiary/aromatic N) is 2. The first-order valence-electron chi connectivity index (χ1n) is 8.30. The van der Waals surface area contributed by atoms with Gasteiger partial charge in [0.25, 0.3) is 0 Å². The molecule has 0 radical (unpaired) electrons. The van der Waals surface area contributed by atoms with Gasteiger partial charge in [-0.15, -0.1) is 0 Å². The molecule has 3 N–H and O–H groups in total. The van der Waals surface area contributed by atoms with Crippen LogP contribution in [-0.2, 0) is 29.7 Å². The van der Waals surface area contributed by atoms with Crippen molar-refractivity contribution in [3.8, 4) is 0 Å². The Morgan fingerprint density at radius 3 is 2.62 bits per heavy atom. The molecule has 0 saturated carbocycles. The van der Waals surface area contributed by atoms with Crippen LogP contribution < -0.4 is 5.73 Å². The minimum Gasteiger partial charge on any atom is -0.480 e. The first-order valence-corrected chi connectivity index (χ1v) is 8.30. The average Bonchev–Trinajstić information content (AvgIpc) is 3.04. The lowest BCUT2D eigenvalue weighted by Gasteiger charge is -2.15. The number of aromatic nitrogens is 1. The van der Waals surface area contributed by atoms with Gasteiger partial charge in [0, 0.05) is 49.3 Å². The number of aryl methyl sites for hydroxylation is 1. The zero-order valence-corrected chi connectivity index (χ0v) is 14.5. The Morgan fingerprint density at radius 1 is 1.33 bits per heavy atom. The second-order valence-electron chi connectivity index (χ2n) is 6.78. The largest absolute Gasteiger partial charge is 0.480 e. The van der Waals surface area contributed by atoms with Crippen molar-refractivity contribution in [2.75, 3.05) is 13.2 Å². The summed E-state index contributed by atoms with van der Waals surface area (Å²) >= 11 is 0. The topological polar surface area (TPSA) is 80.7 Å². The molecule has 2 aromatic rings. The number of hydrogen-bond donors (Lipinski definition) is 2. The molecule has 3 rings (SSSR count). The third-order valence-electron chi connectivity index (χ3n) is 4.59. The summed E-state index contributed by atoms with van der Waals surface area (Å²) in [4.78, 5) is 13.6. The summed E-state index contributed by atoms with van der Waals surface area (Å²) in [6, 6.07) is 3.27. The van der Waals surface area contributed by atoms with E-state index >= 15 is 0 Å². The molecule has 0 aliphatic carbocycles. The Bertz CT molecular complexity index is 766. The molecule has 1 unspecified atom stereocenters. The van der Waals surface area contributed by atoms with Crippen molar-refractivity contribution in [3.05, 3.63) is 35.0 Å². The predicted octanol–water partition coefficient (Wildman–Crippen LogP) is 2.00. The van der Waals surface area contributed by atoms with Crippen molar-refractivity contribution in [2.24, 2.45) is 12.8 Å². The van der Waals surface area contributed by atoms with E-state index in [1.54, 1.807) is 0 Å². The van der Waals surface area contributed by atoms with Crippen LogP contribution in [0, 0.1) is 0 Å². The van der Waals surface area contributed by atoms with Gasteiger partial charge in [0.1, 0.15) is 6.04 Å². The van der Waals surface area contributed by atoms with Gasteiger partial charge in [-0.25, -0.2) is 0 Å². The summed E-state index contributed by atoms with van der Waals surface area (Å²) < 4.78 is 7.59. The lowest BCUT2D eigenvalue weighted by atomic mass is 10.0. The highest BCUT2D eigenvalue weighted by Gasteiger charge is 2.24. The molecule has 1 aromatic heterocycles. The van der Waals surface area contributed by atoms with E-state index in [1.165, 1.54) is 11.1 Å². The molecule has 6 heteroatoms. The second kappa shape index (κ2) is 6.55. The SMILES string of the molecule is CC(C)OCCN1Cc2cc3c(C(N)C(=O)O)cn(C)c3cc2C1. The van der Waals surface area contributed by atoms with Gasteiger partial charge in [0.05, 0.1) is 12.7 Å². The van der Waals surface area contributed by atoms with Crippen LogP contribution in [0.2, 0.25) is 0 Å². The molecule has 130 valence electrons. The zero-order chi connectivity index (χ0) is 17.4. The van der Waals surface area contributed by atoms with Crippen molar-refractivity contribution >= 4 is 16.9 Å². The third kappa shape index (κ3) is 3.17. The van der Waals surface area contributed by atoms with Crippen molar-refractivity contribution in [1.82, 2.24) is 9.47 Å². The molecule has 0 bridgehead atoms. The third-order valence-corrected chi connectivity index (χ3v) is 4.59. The van der Waals surface area contributed by atoms with E-state index in [1.807, 2.05) is 31.7 Å². The maximum atomic E-state index is 11.3. The van der Waals surface area contributed by atoms with Crippen molar-refractivity contribution in [3.63, 3.8) is 0 Å². The molecule has 2 heterocycles. The van der Waals surface area contributed by atoms with E-state index in [0.717, 1.165) is 37.1 Å². The number of carboxylic acid groups (broad SMARTS) is 1. The molecule has 1 aliphatic rings. The number of carbonyl (C=O) groups is 1. The Balaban J connectivity index is 1.85. The van der Waals surface area contributed by atoms with Gasteiger partial charge in [-0.1, -0.05) is 0 Å². The van der Waals surface area contributed by atoms with Crippen LogP contribution in [0.3, 0.4) is 0 Å². The van der Waals surface area contributed by atoms with Crippen LogP contribution in [0.15, 0.2) is 18.3 Å². The minimum atomic E-state index is -1.00. The highest BCUT2D eigenvalue weighted by atomic mass is 16.5. The number of rotatable bonds is 6. The second-order valence-corrected chi connectivity index (χ2v) is 6.78. The first-order chi connectivity index (χ1) is 11.4.